The van der Waals surface area contributed by atoms with E-state index in [2.05, 4.69) is 4.99 Å². The molecule has 6 heteroatoms. The lowest BCUT2D eigenvalue weighted by molar-refractivity contribution is -0.141. The summed E-state index contributed by atoms with van der Waals surface area (Å²) in [5.41, 5.74) is 3.08. The van der Waals surface area contributed by atoms with Gasteiger partial charge in [0.25, 0.3) is 0 Å². The minimum Gasteiger partial charge on any atom is -0.462 e. The summed E-state index contributed by atoms with van der Waals surface area (Å²) in [6, 6.07) is 7.42. The third-order valence-corrected chi connectivity index (χ3v) is 5.47. The molecule has 5 nitrogen and oxygen atoms in total. The highest BCUT2D eigenvalue weighted by molar-refractivity contribution is 8.15. The van der Waals surface area contributed by atoms with Gasteiger partial charge in [-0.2, -0.15) is 0 Å². The molecule has 0 spiro atoms. The van der Waals surface area contributed by atoms with Gasteiger partial charge in [-0.15, -0.1) is 0 Å². The summed E-state index contributed by atoms with van der Waals surface area (Å²) in [5, 5.41) is 0.450. The van der Waals surface area contributed by atoms with Crippen molar-refractivity contribution in [1.82, 2.24) is 4.90 Å². The van der Waals surface area contributed by atoms with Gasteiger partial charge in [-0.3, -0.25) is 9.69 Å². The lowest BCUT2D eigenvalue weighted by Gasteiger charge is -2.33. The lowest BCUT2D eigenvalue weighted by Crippen LogP contribution is -2.40. The summed E-state index contributed by atoms with van der Waals surface area (Å²) in [6.45, 7) is 10.0. The fourth-order valence-corrected chi connectivity index (χ4v) is 4.08. The normalized spacial score (nSPS) is 22.6. The third-order valence-electron chi connectivity index (χ3n) is 4.42. The maximum atomic E-state index is 12.8. The lowest BCUT2D eigenvalue weighted by atomic mass is 9.93. The number of hydrogen-bond acceptors (Lipinski definition) is 5. The number of amidine groups is 1. The van der Waals surface area contributed by atoms with Crippen LogP contribution in [-0.4, -0.2) is 33.8 Å². The Labute approximate surface area is 158 Å². The van der Waals surface area contributed by atoms with Crippen molar-refractivity contribution in [3.05, 3.63) is 46.7 Å². The Morgan fingerprint density at radius 1 is 1.27 bits per heavy atom. The molecule has 0 radical (unpaired) electrons. The van der Waals surface area contributed by atoms with Crippen LogP contribution in [0.1, 0.15) is 44.9 Å². The smallest absolute Gasteiger partial charge is 0.338 e. The fourth-order valence-electron chi connectivity index (χ4n) is 3.05. The molecule has 0 saturated carbocycles. The number of hydrogen-bond donors (Lipinski definition) is 0. The van der Waals surface area contributed by atoms with Crippen LogP contribution in [0.4, 0.5) is 0 Å². The van der Waals surface area contributed by atoms with E-state index in [9.17, 15) is 9.59 Å². The number of esters is 1. The number of fused-ring (bicyclic) bond motifs is 1. The largest absolute Gasteiger partial charge is 0.462 e. The zero-order valence-corrected chi connectivity index (χ0v) is 16.6. The highest BCUT2D eigenvalue weighted by Gasteiger charge is 2.46. The van der Waals surface area contributed by atoms with Gasteiger partial charge in [0, 0.05) is 0 Å². The topological polar surface area (TPSA) is 59.0 Å². The second kappa shape index (κ2) is 7.27. The van der Waals surface area contributed by atoms with Crippen LogP contribution < -0.4 is 0 Å². The molecule has 1 aromatic rings. The predicted octanol–water partition coefficient (Wildman–Crippen LogP) is 3.84. The number of thioether (sulfide) groups is 1. The van der Waals surface area contributed by atoms with Crippen LogP contribution in [0.25, 0.3) is 0 Å². The van der Waals surface area contributed by atoms with E-state index in [0.29, 0.717) is 23.0 Å². The van der Waals surface area contributed by atoms with Crippen molar-refractivity contribution in [3.8, 4) is 0 Å². The summed E-state index contributed by atoms with van der Waals surface area (Å²) in [7, 11) is 0. The molecule has 1 saturated heterocycles. The van der Waals surface area contributed by atoms with Gasteiger partial charge in [0.1, 0.15) is 0 Å². The molecule has 26 heavy (non-hydrogen) atoms. The second-order valence-corrected chi connectivity index (χ2v) is 8.48. The van der Waals surface area contributed by atoms with E-state index in [-0.39, 0.29) is 17.1 Å². The number of nitrogens with zero attached hydrogens (tertiary/aromatic N) is 2. The van der Waals surface area contributed by atoms with E-state index in [4.69, 9.17) is 4.74 Å². The van der Waals surface area contributed by atoms with Crippen LogP contribution >= 0.6 is 11.8 Å². The fraction of sp³-hybridized carbons (Fsp3) is 0.450. The Hall–Kier alpha value is -2.08. The highest BCUT2D eigenvalue weighted by atomic mass is 32.2. The van der Waals surface area contributed by atoms with E-state index in [0.717, 1.165) is 11.1 Å². The van der Waals surface area contributed by atoms with Crippen LogP contribution in [0.3, 0.4) is 0 Å². The number of allylic oxidation sites excluding steroid dienone is 1. The van der Waals surface area contributed by atoms with Crippen molar-refractivity contribution in [2.45, 2.75) is 45.9 Å². The van der Waals surface area contributed by atoms with Crippen molar-refractivity contribution >= 4 is 28.8 Å². The van der Waals surface area contributed by atoms with Gasteiger partial charge >= 0.3 is 5.97 Å². The molecule has 0 bridgehead atoms. The number of rotatable bonds is 4. The molecule has 138 valence electrons. The molecule has 3 rings (SSSR count). The summed E-state index contributed by atoms with van der Waals surface area (Å²) >= 11 is 1.43. The molecule has 0 N–H and O–H groups in total. The standard InChI is InChI=1S/C20H24N2O3S/c1-11(2)10-25-19(24)16-13(4)21-20-22(18(23)14(5)26-20)17(16)15-8-6-12(3)7-9-15/h6-9,11,14,17H,10H2,1-5H3. The number of amides is 1. The second-order valence-electron chi connectivity index (χ2n) is 7.17. The molecule has 2 unspecified atom stereocenters. The van der Waals surface area contributed by atoms with Crippen LogP contribution in [0.15, 0.2) is 40.5 Å². The Bertz CT molecular complexity index is 796. The van der Waals surface area contributed by atoms with Crippen LogP contribution in [0.2, 0.25) is 0 Å². The minimum absolute atomic E-state index is 0.0269. The first-order valence-electron chi connectivity index (χ1n) is 8.82. The Morgan fingerprint density at radius 3 is 2.54 bits per heavy atom. The Morgan fingerprint density at radius 2 is 1.92 bits per heavy atom. The molecule has 2 heterocycles. The van der Waals surface area contributed by atoms with Gasteiger partial charge in [0.05, 0.1) is 29.2 Å². The van der Waals surface area contributed by atoms with Gasteiger partial charge < -0.3 is 4.74 Å². The van der Waals surface area contributed by atoms with Gasteiger partial charge in [-0.25, -0.2) is 9.79 Å². The van der Waals surface area contributed by atoms with E-state index < -0.39 is 12.0 Å². The number of aliphatic imine (C=N–C) groups is 1. The van der Waals surface area contributed by atoms with E-state index in [1.54, 1.807) is 4.90 Å². The van der Waals surface area contributed by atoms with Crippen molar-refractivity contribution < 1.29 is 14.3 Å². The van der Waals surface area contributed by atoms with E-state index >= 15 is 0 Å². The van der Waals surface area contributed by atoms with Crippen molar-refractivity contribution in [3.63, 3.8) is 0 Å². The van der Waals surface area contributed by atoms with Crippen molar-refractivity contribution in [2.24, 2.45) is 10.9 Å². The van der Waals surface area contributed by atoms with Gasteiger partial charge in [0.2, 0.25) is 5.91 Å². The molecule has 0 aliphatic carbocycles. The van der Waals surface area contributed by atoms with Gasteiger partial charge in [-0.1, -0.05) is 55.4 Å². The predicted molar refractivity (Wildman–Crippen MR) is 104 cm³/mol. The van der Waals surface area contributed by atoms with Crippen molar-refractivity contribution in [1.29, 1.82) is 0 Å². The summed E-state index contributed by atoms with van der Waals surface area (Å²) in [4.78, 5) is 31.8. The Kier molecular flexibility index (Phi) is 5.23. The van der Waals surface area contributed by atoms with Gasteiger partial charge in [0.15, 0.2) is 5.17 Å². The van der Waals surface area contributed by atoms with Crippen LogP contribution in [0.5, 0.6) is 0 Å². The molecule has 1 fully saturated rings. The average Bonchev–Trinajstić information content (AvgIpc) is 2.86. The number of carbonyl (C=O) groups excluding carboxylic acids is 2. The SMILES string of the molecule is CC1=C(C(=O)OCC(C)C)C(c2ccc(C)cc2)N2C(=O)C(C)SC2=N1. The molecule has 2 atom stereocenters. The number of carbonyl (C=O) groups is 2. The molecular formula is C20H24N2O3S. The van der Waals surface area contributed by atoms with Crippen molar-refractivity contribution in [2.75, 3.05) is 6.61 Å². The van der Waals surface area contributed by atoms with E-state index in [1.165, 1.54) is 11.8 Å². The first kappa shape index (κ1) is 18.7. The molecular weight excluding hydrogens is 348 g/mol. The summed E-state index contributed by atoms with van der Waals surface area (Å²) in [5.74, 6) is -0.188. The maximum Gasteiger partial charge on any atom is 0.338 e. The first-order chi connectivity index (χ1) is 12.3. The number of aryl methyl sites for hydroxylation is 1. The zero-order valence-electron chi connectivity index (χ0n) is 15.8. The number of ether oxygens (including phenoxy) is 1. The molecule has 2 aliphatic heterocycles. The van der Waals surface area contributed by atoms with E-state index in [1.807, 2.05) is 58.9 Å². The summed E-state index contributed by atoms with van der Waals surface area (Å²) in [6.07, 6.45) is 0. The quantitative estimate of drug-likeness (QED) is 0.754. The highest BCUT2D eigenvalue weighted by Crippen LogP contribution is 2.43. The van der Waals surface area contributed by atoms with Crippen LogP contribution in [0, 0.1) is 12.8 Å². The maximum absolute atomic E-state index is 12.8. The molecule has 0 aromatic heterocycles. The zero-order chi connectivity index (χ0) is 19.0. The average molecular weight is 372 g/mol. The molecule has 2 aliphatic rings. The Balaban J connectivity index is 2.06. The number of benzene rings is 1. The third kappa shape index (κ3) is 3.43. The monoisotopic (exact) mass is 372 g/mol. The van der Waals surface area contributed by atoms with Gasteiger partial charge in [-0.05, 0) is 32.3 Å². The summed E-state index contributed by atoms with van der Waals surface area (Å²) < 4.78 is 5.49. The minimum atomic E-state index is -0.493. The molecule has 1 aromatic carbocycles. The first-order valence-corrected chi connectivity index (χ1v) is 9.70. The molecule has 1 amide bonds. The van der Waals surface area contributed by atoms with Crippen LogP contribution in [-0.2, 0) is 14.3 Å².